The van der Waals surface area contributed by atoms with Gasteiger partial charge in [0.25, 0.3) is 5.91 Å². The number of amidine groups is 1. The van der Waals surface area contributed by atoms with E-state index in [0.717, 1.165) is 0 Å². The number of aliphatic carboxylic acids is 1. The van der Waals surface area contributed by atoms with Gasteiger partial charge in [0.2, 0.25) is 15.8 Å². The highest BCUT2D eigenvalue weighted by atomic mass is 32.2. The summed E-state index contributed by atoms with van der Waals surface area (Å²) in [7, 11) is -3.89. The van der Waals surface area contributed by atoms with E-state index in [1.807, 2.05) is 0 Å². The topological polar surface area (TPSA) is 194 Å². The molecule has 41 heavy (non-hydrogen) atoms. The van der Waals surface area contributed by atoms with Crippen molar-refractivity contribution in [1.29, 1.82) is 5.41 Å². The van der Waals surface area contributed by atoms with Gasteiger partial charge >= 0.3 is 12.1 Å². The number of hydrogen-bond acceptors (Lipinski definition) is 6. The first-order valence-electron chi connectivity index (χ1n) is 11.4. The molecular formula is C26H23F3N6O5S. The third kappa shape index (κ3) is 7.77. The lowest BCUT2D eigenvalue weighted by molar-refractivity contribution is -0.192. The zero-order valence-electron chi connectivity index (χ0n) is 21.2. The Kier molecular flexibility index (Phi) is 8.94. The fraction of sp³-hybridized carbons (Fsp3) is 0.0769. The molecular weight excluding hydrogens is 565 g/mol. The molecule has 4 rings (SSSR count). The summed E-state index contributed by atoms with van der Waals surface area (Å²) in [6, 6.07) is 20.2. The second-order valence-corrected chi connectivity index (χ2v) is 9.95. The Morgan fingerprint density at radius 2 is 1.63 bits per heavy atom. The number of benzene rings is 3. The number of primary sulfonamides is 1. The van der Waals surface area contributed by atoms with Crippen molar-refractivity contribution < 1.29 is 36.3 Å². The highest BCUT2D eigenvalue weighted by molar-refractivity contribution is 7.89. The molecule has 0 unspecified atom stereocenters. The monoisotopic (exact) mass is 588 g/mol. The summed E-state index contributed by atoms with van der Waals surface area (Å²) in [6.45, 7) is 1.78. The summed E-state index contributed by atoms with van der Waals surface area (Å²) >= 11 is 0. The van der Waals surface area contributed by atoms with Crippen LogP contribution in [0.25, 0.3) is 16.8 Å². The number of aromatic nitrogens is 2. The maximum atomic E-state index is 13.0. The SMILES string of the molecule is Cc1cn(-c2cccc(C(=N)N)c2)c(C(=O)Nc2ccc(-c3ccccc3S(N)(=O)=O)cc2)n1.O=C(O)C(F)(F)F. The fourth-order valence-corrected chi connectivity index (χ4v) is 4.31. The van der Waals surface area contributed by atoms with Crippen molar-refractivity contribution in [2.24, 2.45) is 10.9 Å². The molecule has 0 aliphatic carbocycles. The quantitative estimate of drug-likeness (QED) is 0.167. The number of sulfonamides is 1. The smallest absolute Gasteiger partial charge is 0.475 e. The van der Waals surface area contributed by atoms with Crippen LogP contribution >= 0.6 is 0 Å². The molecule has 0 spiro atoms. The molecule has 11 nitrogen and oxygen atoms in total. The molecule has 1 heterocycles. The number of carboxylic acid groups (broad SMARTS) is 1. The van der Waals surface area contributed by atoms with E-state index >= 15 is 0 Å². The van der Waals surface area contributed by atoms with E-state index in [1.54, 1.807) is 84.4 Å². The van der Waals surface area contributed by atoms with Crippen molar-refractivity contribution in [2.75, 3.05) is 5.32 Å². The standard InChI is InChI=1S/C24H22N6O3S.C2HF3O2/c1-15-14-30(19-6-4-5-17(13-19)22(25)26)23(28-15)24(31)29-18-11-9-16(10-12-18)20-7-2-3-8-21(20)34(27,32)33;3-2(4,5)1(6)7/h2-14H,1H3,(H3,25,26)(H,29,31)(H2,27,32,33);(H,6,7). The van der Waals surface area contributed by atoms with E-state index in [2.05, 4.69) is 10.3 Å². The van der Waals surface area contributed by atoms with Crippen molar-refractivity contribution in [3.8, 4) is 16.8 Å². The molecule has 0 aliphatic heterocycles. The summed E-state index contributed by atoms with van der Waals surface area (Å²) < 4.78 is 57.2. The molecule has 0 radical (unpaired) electrons. The number of carbonyl (C=O) groups is 2. The van der Waals surface area contributed by atoms with Gasteiger partial charge in [-0.2, -0.15) is 13.2 Å². The largest absolute Gasteiger partial charge is 0.490 e. The number of rotatable bonds is 6. The van der Waals surface area contributed by atoms with Crippen LogP contribution in [-0.2, 0) is 14.8 Å². The number of alkyl halides is 3. The number of nitrogens with one attached hydrogen (secondary N) is 2. The minimum Gasteiger partial charge on any atom is -0.475 e. The number of imidazole rings is 1. The van der Waals surface area contributed by atoms with Gasteiger partial charge in [0, 0.05) is 28.7 Å². The summed E-state index contributed by atoms with van der Waals surface area (Å²) in [5, 5.41) is 22.9. The number of carbonyl (C=O) groups excluding carboxylic acids is 1. The van der Waals surface area contributed by atoms with Crippen LogP contribution in [-0.4, -0.2) is 47.0 Å². The summed E-state index contributed by atoms with van der Waals surface area (Å²) in [6.07, 6.45) is -3.36. The molecule has 7 N–H and O–H groups in total. The third-order valence-electron chi connectivity index (χ3n) is 5.35. The first-order chi connectivity index (χ1) is 19.1. The number of carboxylic acids is 1. The van der Waals surface area contributed by atoms with E-state index in [0.29, 0.717) is 33.8 Å². The van der Waals surface area contributed by atoms with Gasteiger partial charge in [-0.25, -0.2) is 23.3 Å². The second-order valence-electron chi connectivity index (χ2n) is 8.42. The first kappa shape index (κ1) is 30.5. The zero-order chi connectivity index (χ0) is 30.5. The minimum absolute atomic E-state index is 0.0251. The van der Waals surface area contributed by atoms with Gasteiger partial charge < -0.3 is 16.2 Å². The van der Waals surface area contributed by atoms with Crippen molar-refractivity contribution in [1.82, 2.24) is 9.55 Å². The third-order valence-corrected chi connectivity index (χ3v) is 6.32. The number of nitrogens with two attached hydrogens (primary N) is 2. The van der Waals surface area contributed by atoms with E-state index < -0.39 is 28.1 Å². The molecule has 214 valence electrons. The van der Waals surface area contributed by atoms with Gasteiger partial charge in [-0.1, -0.05) is 42.5 Å². The van der Waals surface area contributed by atoms with Crippen LogP contribution in [0.4, 0.5) is 18.9 Å². The molecule has 3 aromatic carbocycles. The molecule has 0 aliphatic rings. The summed E-state index contributed by atoms with van der Waals surface area (Å²) in [5.74, 6) is -3.10. The zero-order valence-corrected chi connectivity index (χ0v) is 22.0. The van der Waals surface area contributed by atoms with E-state index in [1.165, 1.54) is 6.07 Å². The number of nitrogens with zero attached hydrogens (tertiary/aromatic N) is 2. The lowest BCUT2D eigenvalue weighted by Gasteiger charge is -2.11. The first-order valence-corrected chi connectivity index (χ1v) is 13.0. The number of aryl methyl sites for hydroxylation is 1. The van der Waals surface area contributed by atoms with E-state index in [-0.39, 0.29) is 16.6 Å². The maximum absolute atomic E-state index is 13.0. The lowest BCUT2D eigenvalue weighted by Crippen LogP contribution is -2.21. The predicted molar refractivity (Wildman–Crippen MR) is 144 cm³/mol. The number of nitrogen functional groups attached to an aromatic ring is 1. The molecule has 4 aromatic rings. The molecule has 0 atom stereocenters. The molecule has 1 aromatic heterocycles. The molecule has 0 bridgehead atoms. The minimum atomic E-state index is -5.08. The highest BCUT2D eigenvalue weighted by Gasteiger charge is 2.38. The number of anilines is 1. The van der Waals surface area contributed by atoms with Crippen LogP contribution in [0.15, 0.2) is 83.9 Å². The Morgan fingerprint density at radius 3 is 2.20 bits per heavy atom. The fourth-order valence-electron chi connectivity index (χ4n) is 3.55. The van der Waals surface area contributed by atoms with Gasteiger partial charge in [0.15, 0.2) is 0 Å². The Morgan fingerprint density at radius 1 is 1.02 bits per heavy atom. The average Bonchev–Trinajstić information content (AvgIpc) is 3.30. The molecule has 0 saturated carbocycles. The van der Waals surface area contributed by atoms with Crippen molar-refractivity contribution >= 4 is 33.4 Å². The Labute approximate surface area is 231 Å². The average molecular weight is 589 g/mol. The van der Waals surface area contributed by atoms with Gasteiger partial charge in [-0.3, -0.25) is 14.8 Å². The van der Waals surface area contributed by atoms with Crippen LogP contribution < -0.4 is 16.2 Å². The Bertz CT molecular complexity index is 1720. The van der Waals surface area contributed by atoms with Gasteiger partial charge in [0.1, 0.15) is 5.84 Å². The second kappa shape index (κ2) is 12.0. The lowest BCUT2D eigenvalue weighted by atomic mass is 10.1. The molecule has 0 saturated heterocycles. The number of hydrogen-bond donors (Lipinski definition) is 5. The van der Waals surface area contributed by atoms with Crippen molar-refractivity contribution in [3.05, 3.63) is 96.1 Å². The van der Waals surface area contributed by atoms with Crippen LogP contribution in [0.2, 0.25) is 0 Å². The Balaban J connectivity index is 0.000000587. The number of halogens is 3. The van der Waals surface area contributed by atoms with Crippen LogP contribution in [0, 0.1) is 12.3 Å². The molecule has 0 fully saturated rings. The van der Waals surface area contributed by atoms with Crippen LogP contribution in [0.3, 0.4) is 0 Å². The maximum Gasteiger partial charge on any atom is 0.490 e. The summed E-state index contributed by atoms with van der Waals surface area (Å²) in [4.78, 5) is 26.3. The number of amides is 1. The van der Waals surface area contributed by atoms with Crippen LogP contribution in [0.5, 0.6) is 0 Å². The molecule has 1 amide bonds. The van der Waals surface area contributed by atoms with Gasteiger partial charge in [-0.15, -0.1) is 0 Å². The van der Waals surface area contributed by atoms with Gasteiger partial charge in [0.05, 0.1) is 10.6 Å². The van der Waals surface area contributed by atoms with Gasteiger partial charge in [-0.05, 0) is 42.8 Å². The molecule has 15 heteroatoms. The normalized spacial score (nSPS) is 11.2. The predicted octanol–water partition coefficient (Wildman–Crippen LogP) is 3.66. The van der Waals surface area contributed by atoms with Crippen molar-refractivity contribution in [3.63, 3.8) is 0 Å². The summed E-state index contributed by atoms with van der Waals surface area (Å²) in [5.41, 5.74) is 9.04. The van der Waals surface area contributed by atoms with E-state index in [4.69, 9.17) is 26.2 Å². The Hall–Kier alpha value is -5.02. The highest BCUT2D eigenvalue weighted by Crippen LogP contribution is 2.28. The van der Waals surface area contributed by atoms with Crippen molar-refractivity contribution in [2.45, 2.75) is 18.0 Å². The van der Waals surface area contributed by atoms with E-state index in [9.17, 15) is 26.4 Å². The van der Waals surface area contributed by atoms with Crippen LogP contribution in [0.1, 0.15) is 21.9 Å².